The maximum absolute atomic E-state index is 12.4. The molecule has 1 unspecified atom stereocenters. The highest BCUT2D eigenvalue weighted by molar-refractivity contribution is 7.89. The first-order valence-corrected chi connectivity index (χ1v) is 8.38. The summed E-state index contributed by atoms with van der Waals surface area (Å²) < 4.78 is 27.3. The molecule has 1 aliphatic heterocycles. The van der Waals surface area contributed by atoms with Crippen molar-refractivity contribution in [3.8, 4) is 0 Å². The van der Waals surface area contributed by atoms with Crippen LogP contribution >= 0.6 is 0 Å². The van der Waals surface area contributed by atoms with Crippen LogP contribution in [0.25, 0.3) is 0 Å². The summed E-state index contributed by atoms with van der Waals surface area (Å²) in [6.07, 6.45) is 0.195. The number of rotatable bonds is 5. The summed E-state index contributed by atoms with van der Waals surface area (Å²) in [7, 11) is -3.66. The highest BCUT2D eigenvalue weighted by Crippen LogP contribution is 2.21. The van der Waals surface area contributed by atoms with E-state index in [1.807, 2.05) is 19.1 Å². The molecular weight excluding hydrogens is 306 g/mol. The number of imide groups is 1. The lowest BCUT2D eigenvalue weighted by Crippen LogP contribution is -2.35. The zero-order valence-electron chi connectivity index (χ0n) is 12.7. The number of sulfonamides is 1. The highest BCUT2D eigenvalue weighted by atomic mass is 32.2. The Morgan fingerprint density at radius 3 is 2.23 bits per heavy atom. The van der Waals surface area contributed by atoms with Crippen LogP contribution < -0.4 is 15.4 Å². The minimum atomic E-state index is -3.66. The van der Waals surface area contributed by atoms with E-state index in [1.54, 1.807) is 13.8 Å². The van der Waals surface area contributed by atoms with Gasteiger partial charge in [0.15, 0.2) is 0 Å². The second kappa shape index (κ2) is 6.05. The van der Waals surface area contributed by atoms with Crippen molar-refractivity contribution >= 4 is 22.0 Å². The Balaban J connectivity index is 2.06. The average Bonchev–Trinajstić information content (AvgIpc) is 2.65. The Bertz CT molecular complexity index is 705. The molecule has 22 heavy (non-hydrogen) atoms. The minimum Gasteiger partial charge on any atom is -0.326 e. The monoisotopic (exact) mass is 325 g/mol. The van der Waals surface area contributed by atoms with Crippen LogP contribution in [0.2, 0.25) is 0 Å². The molecule has 7 nitrogen and oxygen atoms in total. The SMILES string of the molecule is Cc1cc(C)c(S(=O)(=O)NCCC2NC(=O)NC2=O)c(C)c1. The molecule has 1 aromatic carbocycles. The van der Waals surface area contributed by atoms with E-state index < -0.39 is 28.0 Å². The van der Waals surface area contributed by atoms with E-state index in [1.165, 1.54) is 0 Å². The summed E-state index contributed by atoms with van der Waals surface area (Å²) in [5, 5.41) is 4.53. The summed E-state index contributed by atoms with van der Waals surface area (Å²) in [5.74, 6) is -0.438. The molecular formula is C14H19N3O4S. The Labute approximate surface area is 129 Å². The minimum absolute atomic E-state index is 0.0630. The van der Waals surface area contributed by atoms with Gasteiger partial charge in [-0.15, -0.1) is 0 Å². The molecule has 3 amide bonds. The lowest BCUT2D eigenvalue weighted by atomic mass is 10.1. The first-order valence-electron chi connectivity index (χ1n) is 6.89. The van der Waals surface area contributed by atoms with Crippen molar-refractivity contribution in [2.45, 2.75) is 38.1 Å². The molecule has 1 heterocycles. The number of aryl methyl sites for hydroxylation is 3. The van der Waals surface area contributed by atoms with Gasteiger partial charge in [0.25, 0.3) is 5.91 Å². The van der Waals surface area contributed by atoms with E-state index in [2.05, 4.69) is 15.4 Å². The number of hydrogen-bond acceptors (Lipinski definition) is 4. The molecule has 1 atom stereocenters. The van der Waals surface area contributed by atoms with Gasteiger partial charge >= 0.3 is 6.03 Å². The number of urea groups is 1. The fourth-order valence-electron chi connectivity index (χ4n) is 2.66. The largest absolute Gasteiger partial charge is 0.326 e. The second-order valence-electron chi connectivity index (χ2n) is 5.43. The number of carbonyl (C=O) groups is 2. The van der Waals surface area contributed by atoms with E-state index in [9.17, 15) is 18.0 Å². The van der Waals surface area contributed by atoms with Crippen LogP contribution in [0.15, 0.2) is 17.0 Å². The third kappa shape index (κ3) is 3.45. The molecule has 1 saturated heterocycles. The molecule has 1 fully saturated rings. The van der Waals surface area contributed by atoms with Crippen LogP contribution in [-0.4, -0.2) is 32.9 Å². The van der Waals surface area contributed by atoms with Gasteiger partial charge in [0.2, 0.25) is 10.0 Å². The smallest absolute Gasteiger partial charge is 0.322 e. The third-order valence-electron chi connectivity index (χ3n) is 3.46. The average molecular weight is 325 g/mol. The van der Waals surface area contributed by atoms with Crippen LogP contribution in [-0.2, 0) is 14.8 Å². The summed E-state index contributed by atoms with van der Waals surface area (Å²) >= 11 is 0. The van der Waals surface area contributed by atoms with Gasteiger partial charge in [0.05, 0.1) is 4.90 Å². The number of nitrogens with one attached hydrogen (secondary N) is 3. The molecule has 0 aromatic heterocycles. The fourth-order valence-corrected chi connectivity index (χ4v) is 4.16. The molecule has 1 aliphatic rings. The molecule has 1 aromatic rings. The predicted molar refractivity (Wildman–Crippen MR) is 80.9 cm³/mol. The number of amides is 3. The van der Waals surface area contributed by atoms with Crippen molar-refractivity contribution in [1.82, 2.24) is 15.4 Å². The van der Waals surface area contributed by atoms with Crippen LogP contribution in [0.5, 0.6) is 0 Å². The quantitative estimate of drug-likeness (QED) is 0.685. The molecule has 0 aliphatic carbocycles. The zero-order valence-corrected chi connectivity index (χ0v) is 13.5. The second-order valence-corrected chi connectivity index (χ2v) is 7.13. The van der Waals surface area contributed by atoms with Crippen LogP contribution in [0, 0.1) is 20.8 Å². The van der Waals surface area contributed by atoms with Gasteiger partial charge in [-0.3, -0.25) is 10.1 Å². The molecule has 0 saturated carbocycles. The lowest BCUT2D eigenvalue weighted by molar-refractivity contribution is -0.120. The molecule has 0 bridgehead atoms. The molecule has 0 spiro atoms. The molecule has 2 rings (SSSR count). The first kappa shape index (κ1) is 16.4. The maximum atomic E-state index is 12.4. The van der Waals surface area contributed by atoms with Gasteiger partial charge in [0, 0.05) is 6.54 Å². The lowest BCUT2D eigenvalue weighted by Gasteiger charge is -2.14. The van der Waals surface area contributed by atoms with E-state index in [-0.39, 0.29) is 17.9 Å². The summed E-state index contributed by atoms with van der Waals surface area (Å²) in [6.45, 7) is 5.47. The Hall–Kier alpha value is -1.93. The van der Waals surface area contributed by atoms with E-state index >= 15 is 0 Å². The molecule has 8 heteroatoms. The fraction of sp³-hybridized carbons (Fsp3) is 0.429. The Morgan fingerprint density at radius 1 is 1.14 bits per heavy atom. The van der Waals surface area contributed by atoms with E-state index in [0.29, 0.717) is 11.1 Å². The third-order valence-corrected chi connectivity index (χ3v) is 5.22. The number of hydrogen-bond donors (Lipinski definition) is 3. The number of benzene rings is 1. The molecule has 120 valence electrons. The van der Waals surface area contributed by atoms with Crippen LogP contribution in [0.1, 0.15) is 23.1 Å². The van der Waals surface area contributed by atoms with Gasteiger partial charge in [0.1, 0.15) is 6.04 Å². The van der Waals surface area contributed by atoms with Gasteiger partial charge in [-0.1, -0.05) is 17.7 Å². The standard InChI is InChI=1S/C14H19N3O4S/c1-8-6-9(2)12(10(3)7-8)22(20,21)15-5-4-11-13(18)17-14(19)16-11/h6-7,11,15H,4-5H2,1-3H3,(H2,16,17,18,19). The maximum Gasteiger partial charge on any atom is 0.322 e. The van der Waals surface area contributed by atoms with E-state index in [0.717, 1.165) is 5.56 Å². The van der Waals surface area contributed by atoms with Crippen molar-refractivity contribution in [3.05, 3.63) is 28.8 Å². The summed E-state index contributed by atoms with van der Waals surface area (Å²) in [5.41, 5.74) is 2.35. The van der Waals surface area contributed by atoms with Gasteiger partial charge in [-0.2, -0.15) is 0 Å². The molecule has 0 radical (unpaired) electrons. The summed E-state index contributed by atoms with van der Waals surface area (Å²) in [4.78, 5) is 22.6. The highest BCUT2D eigenvalue weighted by Gasteiger charge is 2.29. The predicted octanol–water partition coefficient (Wildman–Crippen LogP) is 0.488. The van der Waals surface area contributed by atoms with Gasteiger partial charge in [-0.05, 0) is 38.3 Å². The van der Waals surface area contributed by atoms with Crippen molar-refractivity contribution in [2.75, 3.05) is 6.54 Å². The van der Waals surface area contributed by atoms with Crippen molar-refractivity contribution in [1.29, 1.82) is 0 Å². The Morgan fingerprint density at radius 2 is 1.73 bits per heavy atom. The van der Waals surface area contributed by atoms with Crippen molar-refractivity contribution in [2.24, 2.45) is 0 Å². The number of carbonyl (C=O) groups excluding carboxylic acids is 2. The first-order chi connectivity index (χ1) is 10.2. The van der Waals surface area contributed by atoms with Gasteiger partial charge < -0.3 is 5.32 Å². The van der Waals surface area contributed by atoms with Gasteiger partial charge in [-0.25, -0.2) is 17.9 Å². The molecule has 3 N–H and O–H groups in total. The Kier molecular flexibility index (Phi) is 4.52. The van der Waals surface area contributed by atoms with Crippen LogP contribution in [0.4, 0.5) is 4.79 Å². The zero-order chi connectivity index (χ0) is 16.5. The van der Waals surface area contributed by atoms with Crippen molar-refractivity contribution < 1.29 is 18.0 Å². The van der Waals surface area contributed by atoms with Crippen molar-refractivity contribution in [3.63, 3.8) is 0 Å². The topological polar surface area (TPSA) is 104 Å². The van der Waals surface area contributed by atoms with Crippen LogP contribution in [0.3, 0.4) is 0 Å². The summed E-state index contributed by atoms with van der Waals surface area (Å²) in [6, 6.07) is 2.37. The normalized spacial score (nSPS) is 18.2. The van der Waals surface area contributed by atoms with E-state index in [4.69, 9.17) is 0 Å².